The second-order valence-electron chi connectivity index (χ2n) is 8.24. The van der Waals surface area contributed by atoms with Gasteiger partial charge in [-0.1, -0.05) is 29.8 Å². The number of nitrogens with zero attached hydrogens (tertiary/aromatic N) is 5. The second kappa shape index (κ2) is 9.37. The van der Waals surface area contributed by atoms with E-state index in [0.717, 1.165) is 63.3 Å². The van der Waals surface area contributed by atoms with Crippen LogP contribution in [-0.2, 0) is 6.54 Å². The van der Waals surface area contributed by atoms with Crippen molar-refractivity contribution in [1.29, 1.82) is 0 Å². The third-order valence-electron chi connectivity index (χ3n) is 6.40. The number of nitrogens with one attached hydrogen (secondary N) is 1. The third-order valence-corrected chi connectivity index (χ3v) is 6.75. The molecular weight excluding hydrogens is 384 g/mol. The molecule has 0 radical (unpaired) electrons. The van der Waals surface area contributed by atoms with Gasteiger partial charge in [-0.3, -0.25) is 9.89 Å². The van der Waals surface area contributed by atoms with Gasteiger partial charge < -0.3 is 20.0 Å². The Hall–Kier alpha value is -1.76. The third kappa shape index (κ3) is 4.71. The van der Waals surface area contributed by atoms with Crippen LogP contribution in [0.5, 0.6) is 0 Å². The number of likely N-dealkylation sites (N-methyl/N-ethyl adjacent to an activating group) is 1. The van der Waals surface area contributed by atoms with Crippen molar-refractivity contribution in [2.24, 2.45) is 4.99 Å². The number of guanidine groups is 1. The fourth-order valence-corrected chi connectivity index (χ4v) is 4.83. The van der Waals surface area contributed by atoms with Gasteiger partial charge in [0.25, 0.3) is 0 Å². The highest BCUT2D eigenvalue weighted by atomic mass is 35.5. The molecule has 2 fully saturated rings. The summed E-state index contributed by atoms with van der Waals surface area (Å²) in [5.41, 5.74) is 2.41. The molecule has 3 aliphatic heterocycles. The highest BCUT2D eigenvalue weighted by Crippen LogP contribution is 2.28. The molecule has 29 heavy (non-hydrogen) atoms. The number of piperazine rings is 1. The van der Waals surface area contributed by atoms with E-state index in [4.69, 9.17) is 11.6 Å². The smallest absolute Gasteiger partial charge is 0.193 e. The van der Waals surface area contributed by atoms with Crippen LogP contribution >= 0.6 is 11.6 Å². The zero-order valence-electron chi connectivity index (χ0n) is 17.6. The summed E-state index contributed by atoms with van der Waals surface area (Å²) < 4.78 is 0. The van der Waals surface area contributed by atoms with Crippen molar-refractivity contribution in [2.45, 2.75) is 19.0 Å². The molecule has 4 rings (SSSR count). The minimum Gasteiger partial charge on any atom is -0.369 e. The van der Waals surface area contributed by atoms with E-state index < -0.39 is 0 Å². The van der Waals surface area contributed by atoms with E-state index in [1.54, 1.807) is 0 Å². The summed E-state index contributed by atoms with van der Waals surface area (Å²) in [5, 5.41) is 4.41. The maximum atomic E-state index is 6.63. The van der Waals surface area contributed by atoms with Crippen LogP contribution in [0.25, 0.3) is 0 Å². The largest absolute Gasteiger partial charge is 0.369 e. The van der Waals surface area contributed by atoms with E-state index in [1.807, 2.05) is 13.1 Å². The summed E-state index contributed by atoms with van der Waals surface area (Å²) in [6, 6.07) is 6.87. The Morgan fingerprint density at radius 1 is 1.14 bits per heavy atom. The molecule has 0 aromatic heterocycles. The van der Waals surface area contributed by atoms with Crippen molar-refractivity contribution in [2.75, 3.05) is 71.4 Å². The lowest BCUT2D eigenvalue weighted by Gasteiger charge is -2.35. The van der Waals surface area contributed by atoms with Crippen LogP contribution in [-0.4, -0.2) is 93.2 Å². The van der Waals surface area contributed by atoms with Gasteiger partial charge >= 0.3 is 0 Å². The molecule has 3 aliphatic rings. The first-order valence-corrected chi connectivity index (χ1v) is 11.1. The Balaban J connectivity index is 1.40. The molecule has 0 aliphatic carbocycles. The molecule has 0 amide bonds. The molecule has 0 spiro atoms. The maximum Gasteiger partial charge on any atom is 0.193 e. The van der Waals surface area contributed by atoms with Gasteiger partial charge in [-0.2, -0.15) is 0 Å². The average molecular weight is 417 g/mol. The van der Waals surface area contributed by atoms with Crippen molar-refractivity contribution in [1.82, 2.24) is 20.0 Å². The van der Waals surface area contributed by atoms with Gasteiger partial charge in [-0.15, -0.1) is 0 Å². The number of benzene rings is 1. The van der Waals surface area contributed by atoms with Crippen LogP contribution in [0.2, 0.25) is 5.02 Å². The van der Waals surface area contributed by atoms with Crippen LogP contribution in [0.3, 0.4) is 0 Å². The van der Waals surface area contributed by atoms with Crippen LogP contribution in [0.4, 0.5) is 5.69 Å². The van der Waals surface area contributed by atoms with Gasteiger partial charge in [0.2, 0.25) is 0 Å². The van der Waals surface area contributed by atoms with E-state index in [1.165, 1.54) is 17.7 Å². The van der Waals surface area contributed by atoms with E-state index in [0.29, 0.717) is 12.6 Å². The van der Waals surface area contributed by atoms with Gasteiger partial charge in [-0.05, 0) is 25.6 Å². The summed E-state index contributed by atoms with van der Waals surface area (Å²) in [4.78, 5) is 14.3. The quantitative estimate of drug-likeness (QED) is 0.462. The van der Waals surface area contributed by atoms with E-state index >= 15 is 0 Å². The summed E-state index contributed by atoms with van der Waals surface area (Å²) in [7, 11) is 4.06. The zero-order chi connectivity index (χ0) is 20.2. The Morgan fingerprint density at radius 2 is 1.90 bits per heavy atom. The number of anilines is 1. The highest BCUT2D eigenvalue weighted by Gasteiger charge is 2.29. The molecule has 1 unspecified atom stereocenters. The fourth-order valence-electron chi connectivity index (χ4n) is 4.59. The Kier molecular flexibility index (Phi) is 6.63. The number of hydrogen-bond acceptors (Lipinski definition) is 4. The number of likely N-dealkylation sites (tertiary alicyclic amines) is 1. The van der Waals surface area contributed by atoms with Crippen LogP contribution < -0.4 is 10.2 Å². The average Bonchev–Trinajstić information content (AvgIpc) is 3.42. The SMILES string of the molecule is CN=C(NCc1c(Cl)cccc1N1CCN(C)CC1)N1CCC(N2CC=CC2)C1. The Bertz CT molecular complexity index is 748. The first-order chi connectivity index (χ1) is 14.2. The summed E-state index contributed by atoms with van der Waals surface area (Å²) in [5.74, 6) is 0.976. The normalized spacial score (nSPS) is 24.0. The minimum atomic E-state index is 0.616. The van der Waals surface area contributed by atoms with Crippen molar-refractivity contribution in [3.05, 3.63) is 40.9 Å². The molecule has 3 heterocycles. The number of rotatable bonds is 4. The lowest BCUT2D eigenvalue weighted by molar-refractivity contribution is 0.259. The van der Waals surface area contributed by atoms with Crippen LogP contribution in [0, 0.1) is 0 Å². The molecule has 1 aromatic carbocycles. The molecule has 0 saturated carbocycles. The van der Waals surface area contributed by atoms with Gasteiger partial charge in [0.1, 0.15) is 0 Å². The zero-order valence-corrected chi connectivity index (χ0v) is 18.4. The lowest BCUT2D eigenvalue weighted by atomic mass is 10.1. The molecule has 1 atom stereocenters. The number of halogens is 1. The standard InChI is InChI=1S/C22H33ClN6/c1-24-22(29-11-8-18(17-29)27-9-3-4-10-27)25-16-19-20(23)6-5-7-21(19)28-14-12-26(2)13-15-28/h3-7,18H,8-17H2,1-2H3,(H,24,25). The minimum absolute atomic E-state index is 0.616. The number of aliphatic imine (C=N–C) groups is 1. The summed E-state index contributed by atoms with van der Waals surface area (Å²) >= 11 is 6.63. The summed E-state index contributed by atoms with van der Waals surface area (Å²) in [6.45, 7) is 9.19. The topological polar surface area (TPSA) is 37.4 Å². The van der Waals surface area contributed by atoms with Crippen LogP contribution in [0.1, 0.15) is 12.0 Å². The molecule has 2 saturated heterocycles. The Labute approximate surface area is 179 Å². The van der Waals surface area contributed by atoms with Crippen molar-refractivity contribution < 1.29 is 0 Å². The van der Waals surface area contributed by atoms with Crippen molar-refractivity contribution in [3.63, 3.8) is 0 Å². The molecule has 7 heteroatoms. The predicted octanol–water partition coefficient (Wildman–Crippen LogP) is 2.11. The molecule has 158 valence electrons. The van der Waals surface area contributed by atoms with Gasteiger partial charge in [-0.25, -0.2) is 0 Å². The van der Waals surface area contributed by atoms with E-state index in [9.17, 15) is 0 Å². The van der Waals surface area contributed by atoms with E-state index in [-0.39, 0.29) is 0 Å². The molecular formula is C22H33ClN6. The monoisotopic (exact) mass is 416 g/mol. The maximum absolute atomic E-state index is 6.63. The highest BCUT2D eigenvalue weighted by molar-refractivity contribution is 6.31. The van der Waals surface area contributed by atoms with E-state index in [2.05, 4.69) is 61.2 Å². The second-order valence-corrected chi connectivity index (χ2v) is 8.65. The Morgan fingerprint density at radius 3 is 2.62 bits per heavy atom. The molecule has 1 N–H and O–H groups in total. The number of hydrogen-bond donors (Lipinski definition) is 1. The van der Waals surface area contributed by atoms with Gasteiger partial charge in [0, 0.05) is 88.3 Å². The lowest BCUT2D eigenvalue weighted by Crippen LogP contribution is -2.45. The van der Waals surface area contributed by atoms with Gasteiger partial charge in [0.15, 0.2) is 5.96 Å². The van der Waals surface area contributed by atoms with Crippen LogP contribution in [0.15, 0.2) is 35.3 Å². The molecule has 1 aromatic rings. The van der Waals surface area contributed by atoms with Crippen molar-refractivity contribution in [3.8, 4) is 0 Å². The van der Waals surface area contributed by atoms with Gasteiger partial charge in [0.05, 0.1) is 0 Å². The summed E-state index contributed by atoms with van der Waals surface area (Å²) in [6.07, 6.45) is 5.74. The first kappa shape index (κ1) is 20.5. The molecule has 0 bridgehead atoms. The fraction of sp³-hybridized carbons (Fsp3) is 0.591. The predicted molar refractivity (Wildman–Crippen MR) is 122 cm³/mol. The molecule has 6 nitrogen and oxygen atoms in total. The van der Waals surface area contributed by atoms with Crippen molar-refractivity contribution >= 4 is 23.2 Å². The first-order valence-electron chi connectivity index (χ1n) is 10.7.